The van der Waals surface area contributed by atoms with E-state index in [1.807, 2.05) is 30.3 Å². The van der Waals surface area contributed by atoms with E-state index in [-0.39, 0.29) is 6.61 Å². The zero-order chi connectivity index (χ0) is 16.9. The summed E-state index contributed by atoms with van der Waals surface area (Å²) < 4.78 is 5.08. The summed E-state index contributed by atoms with van der Waals surface area (Å²) in [7, 11) is 0. The Kier molecular flexibility index (Phi) is 5.24. The summed E-state index contributed by atoms with van der Waals surface area (Å²) in [5, 5.41) is 12.4. The van der Waals surface area contributed by atoms with E-state index in [0.717, 1.165) is 5.56 Å². The Labute approximate surface area is 138 Å². The lowest BCUT2D eigenvalue weighted by Gasteiger charge is -2.26. The lowest BCUT2D eigenvalue weighted by atomic mass is 9.92. The molecule has 0 saturated heterocycles. The molecule has 1 atom stereocenters. The molecule has 0 aliphatic carbocycles. The Morgan fingerprint density at radius 3 is 2.30 bits per heavy atom. The Morgan fingerprint density at radius 2 is 1.74 bits per heavy atom. The van der Waals surface area contributed by atoms with Gasteiger partial charge in [-0.05, 0) is 30.2 Å². The van der Waals surface area contributed by atoms with Crippen LogP contribution in [0.25, 0.3) is 0 Å². The van der Waals surface area contributed by atoms with Gasteiger partial charge in [0.1, 0.15) is 6.61 Å². The molecular formula is C17H16ClNO4. The Morgan fingerprint density at radius 1 is 1.13 bits per heavy atom. The zero-order valence-electron chi connectivity index (χ0n) is 12.5. The van der Waals surface area contributed by atoms with Crippen LogP contribution < -0.4 is 5.32 Å². The van der Waals surface area contributed by atoms with Gasteiger partial charge in [0.25, 0.3) is 0 Å². The molecule has 120 valence electrons. The molecule has 2 N–H and O–H groups in total. The first kappa shape index (κ1) is 16.8. The van der Waals surface area contributed by atoms with Crippen LogP contribution in [0.1, 0.15) is 18.1 Å². The standard InChI is InChI=1S/C17H16ClNO4/c1-17(15(20)21,13-7-9-14(18)10-8-13)19-16(22)23-11-12-5-3-2-4-6-12/h2-10H,11H2,1H3,(H,19,22)(H,20,21). The molecular weight excluding hydrogens is 318 g/mol. The number of halogens is 1. The maximum atomic E-state index is 12.0. The van der Waals surface area contributed by atoms with E-state index < -0.39 is 17.6 Å². The van der Waals surface area contributed by atoms with Crippen molar-refractivity contribution in [2.45, 2.75) is 19.1 Å². The van der Waals surface area contributed by atoms with Gasteiger partial charge in [0.2, 0.25) is 0 Å². The number of hydrogen-bond donors (Lipinski definition) is 2. The number of ether oxygens (including phenoxy) is 1. The van der Waals surface area contributed by atoms with Gasteiger partial charge >= 0.3 is 12.1 Å². The van der Waals surface area contributed by atoms with Gasteiger partial charge < -0.3 is 15.2 Å². The largest absolute Gasteiger partial charge is 0.479 e. The predicted molar refractivity (Wildman–Crippen MR) is 86.2 cm³/mol. The number of carbonyl (C=O) groups excluding carboxylic acids is 1. The fourth-order valence-corrected chi connectivity index (χ4v) is 2.12. The number of hydrogen-bond acceptors (Lipinski definition) is 3. The fourth-order valence-electron chi connectivity index (χ4n) is 2.00. The second-order valence-corrected chi connectivity index (χ2v) is 5.56. The first-order chi connectivity index (χ1) is 10.9. The number of carboxylic acids is 1. The van der Waals surface area contributed by atoms with Crippen LogP contribution in [0.3, 0.4) is 0 Å². The van der Waals surface area contributed by atoms with Gasteiger partial charge in [-0.3, -0.25) is 0 Å². The Balaban J connectivity index is 2.08. The maximum Gasteiger partial charge on any atom is 0.408 e. The van der Waals surface area contributed by atoms with Crippen molar-refractivity contribution in [3.63, 3.8) is 0 Å². The topological polar surface area (TPSA) is 75.6 Å². The highest BCUT2D eigenvalue weighted by Gasteiger charge is 2.37. The molecule has 5 nitrogen and oxygen atoms in total. The van der Waals surface area contributed by atoms with E-state index in [4.69, 9.17) is 16.3 Å². The molecule has 1 unspecified atom stereocenters. The minimum atomic E-state index is -1.61. The van der Waals surface area contributed by atoms with Crippen LogP contribution in [0.4, 0.5) is 4.79 Å². The van der Waals surface area contributed by atoms with Gasteiger partial charge in [-0.1, -0.05) is 54.1 Å². The van der Waals surface area contributed by atoms with Gasteiger partial charge in [0, 0.05) is 5.02 Å². The van der Waals surface area contributed by atoms with Crippen LogP contribution in [0.15, 0.2) is 54.6 Å². The fraction of sp³-hybridized carbons (Fsp3) is 0.176. The van der Waals surface area contributed by atoms with Crippen molar-refractivity contribution in [2.75, 3.05) is 0 Å². The van der Waals surface area contributed by atoms with Crippen molar-refractivity contribution >= 4 is 23.7 Å². The molecule has 0 heterocycles. The van der Waals surface area contributed by atoms with Crippen molar-refractivity contribution in [1.82, 2.24) is 5.32 Å². The van der Waals surface area contributed by atoms with Crippen LogP contribution in [-0.4, -0.2) is 17.2 Å². The van der Waals surface area contributed by atoms with E-state index in [1.165, 1.54) is 6.92 Å². The number of carboxylic acid groups (broad SMARTS) is 1. The Hall–Kier alpha value is -2.53. The molecule has 0 aliphatic rings. The van der Waals surface area contributed by atoms with Gasteiger partial charge in [-0.15, -0.1) is 0 Å². The smallest absolute Gasteiger partial charge is 0.408 e. The van der Waals surface area contributed by atoms with E-state index in [9.17, 15) is 14.7 Å². The van der Waals surface area contributed by atoms with E-state index >= 15 is 0 Å². The van der Waals surface area contributed by atoms with Crippen LogP contribution in [0.2, 0.25) is 5.02 Å². The highest BCUT2D eigenvalue weighted by atomic mass is 35.5. The monoisotopic (exact) mass is 333 g/mol. The number of nitrogens with one attached hydrogen (secondary N) is 1. The summed E-state index contributed by atoms with van der Waals surface area (Å²) in [5.41, 5.74) is -0.407. The third-order valence-corrected chi connectivity index (χ3v) is 3.67. The first-order valence-corrected chi connectivity index (χ1v) is 7.28. The second kappa shape index (κ2) is 7.15. The minimum Gasteiger partial charge on any atom is -0.479 e. The number of rotatable bonds is 5. The lowest BCUT2D eigenvalue weighted by Crippen LogP contribution is -2.49. The van der Waals surface area contributed by atoms with Crippen LogP contribution >= 0.6 is 11.6 Å². The minimum absolute atomic E-state index is 0.0585. The molecule has 6 heteroatoms. The maximum absolute atomic E-state index is 12.0. The van der Waals surface area contributed by atoms with E-state index in [0.29, 0.717) is 10.6 Å². The predicted octanol–water partition coefficient (Wildman–Crippen LogP) is 3.57. The van der Waals surface area contributed by atoms with Gasteiger partial charge in [-0.25, -0.2) is 9.59 Å². The molecule has 0 radical (unpaired) electrons. The summed E-state index contributed by atoms with van der Waals surface area (Å²) in [4.78, 5) is 23.6. The SMILES string of the molecule is CC(NC(=O)OCc1ccccc1)(C(=O)O)c1ccc(Cl)cc1. The summed E-state index contributed by atoms with van der Waals surface area (Å²) in [6, 6.07) is 15.3. The van der Waals surface area contributed by atoms with Gasteiger partial charge in [-0.2, -0.15) is 0 Å². The van der Waals surface area contributed by atoms with Crippen LogP contribution in [0.5, 0.6) is 0 Å². The third kappa shape index (κ3) is 4.23. The van der Waals surface area contributed by atoms with Gasteiger partial charge in [0.05, 0.1) is 0 Å². The summed E-state index contributed by atoms with van der Waals surface area (Å²) in [6.07, 6.45) is -0.811. The van der Waals surface area contributed by atoms with Gasteiger partial charge in [0.15, 0.2) is 5.54 Å². The van der Waals surface area contributed by atoms with Crippen molar-refractivity contribution in [3.05, 3.63) is 70.7 Å². The molecule has 1 amide bonds. The molecule has 2 rings (SSSR count). The zero-order valence-corrected chi connectivity index (χ0v) is 13.2. The molecule has 0 aliphatic heterocycles. The third-order valence-electron chi connectivity index (χ3n) is 3.41. The molecule has 0 bridgehead atoms. The number of alkyl carbamates (subject to hydrolysis) is 1. The van der Waals surface area contributed by atoms with E-state index in [2.05, 4.69) is 5.32 Å². The molecule has 0 saturated carbocycles. The van der Waals surface area contributed by atoms with Crippen molar-refractivity contribution < 1.29 is 19.4 Å². The van der Waals surface area contributed by atoms with Crippen molar-refractivity contribution in [1.29, 1.82) is 0 Å². The van der Waals surface area contributed by atoms with Crippen LogP contribution in [-0.2, 0) is 21.7 Å². The summed E-state index contributed by atoms with van der Waals surface area (Å²) in [5.74, 6) is -1.20. The first-order valence-electron chi connectivity index (χ1n) is 6.90. The molecule has 0 fully saturated rings. The molecule has 2 aromatic rings. The number of aliphatic carboxylic acids is 1. The normalized spacial score (nSPS) is 13.0. The highest BCUT2D eigenvalue weighted by Crippen LogP contribution is 2.23. The molecule has 0 aromatic heterocycles. The summed E-state index contributed by atoms with van der Waals surface area (Å²) >= 11 is 5.81. The second-order valence-electron chi connectivity index (χ2n) is 5.12. The van der Waals surface area contributed by atoms with Crippen molar-refractivity contribution in [2.24, 2.45) is 0 Å². The average Bonchev–Trinajstić information content (AvgIpc) is 2.54. The van der Waals surface area contributed by atoms with Crippen molar-refractivity contribution in [3.8, 4) is 0 Å². The summed E-state index contributed by atoms with van der Waals surface area (Å²) in [6.45, 7) is 1.45. The number of benzene rings is 2. The van der Waals surface area contributed by atoms with Crippen LogP contribution in [0, 0.1) is 0 Å². The molecule has 0 spiro atoms. The quantitative estimate of drug-likeness (QED) is 0.877. The number of carbonyl (C=O) groups is 2. The molecule has 23 heavy (non-hydrogen) atoms. The number of amides is 1. The Bertz CT molecular complexity index is 687. The van der Waals surface area contributed by atoms with E-state index in [1.54, 1.807) is 24.3 Å². The highest BCUT2D eigenvalue weighted by molar-refractivity contribution is 6.30. The lowest BCUT2D eigenvalue weighted by molar-refractivity contribution is -0.144. The average molecular weight is 334 g/mol. The molecule has 2 aromatic carbocycles.